The molecule has 6 heteroatoms. The van der Waals surface area contributed by atoms with Crippen molar-refractivity contribution in [2.24, 2.45) is 0 Å². The minimum Gasteiger partial charge on any atom is -0.369 e. The smallest absolute Gasteiger partial charge is 0.116 e. The summed E-state index contributed by atoms with van der Waals surface area (Å²) in [6, 6.07) is 6.47. The van der Waals surface area contributed by atoms with Crippen molar-refractivity contribution in [3.8, 4) is 0 Å². The number of hydrogen-bond acceptors (Lipinski definition) is 5. The monoisotopic (exact) mass is 348 g/mol. The van der Waals surface area contributed by atoms with Crippen LogP contribution in [-0.2, 0) is 19.5 Å². The molecule has 2 aliphatic heterocycles. The molecule has 1 fully saturated rings. The van der Waals surface area contributed by atoms with Crippen LogP contribution in [0.5, 0.6) is 0 Å². The van der Waals surface area contributed by atoms with E-state index in [4.69, 9.17) is 4.98 Å². The van der Waals surface area contributed by atoms with E-state index < -0.39 is 0 Å². The van der Waals surface area contributed by atoms with Gasteiger partial charge in [0.15, 0.2) is 0 Å². The average Bonchev–Trinajstić information content (AvgIpc) is 3.10. The predicted octanol–water partition coefficient (Wildman–Crippen LogP) is 2.48. The van der Waals surface area contributed by atoms with Gasteiger partial charge in [-0.3, -0.25) is 4.90 Å². The van der Waals surface area contributed by atoms with Gasteiger partial charge in [0.2, 0.25) is 0 Å². The lowest BCUT2D eigenvalue weighted by molar-refractivity contribution is 0.247. The largest absolute Gasteiger partial charge is 0.369 e. The molecule has 5 rings (SSSR count). The number of fused-ring (bicyclic) bond motifs is 2. The Balaban J connectivity index is 1.23. The van der Waals surface area contributed by atoms with E-state index in [0.717, 1.165) is 56.6 Å². The number of rotatable bonds is 3. The molecule has 2 aromatic heterocycles. The van der Waals surface area contributed by atoms with Crippen molar-refractivity contribution >= 4 is 16.6 Å². The molecule has 4 heterocycles. The maximum Gasteiger partial charge on any atom is 0.116 e. The molecule has 0 unspecified atom stereocenters. The van der Waals surface area contributed by atoms with Crippen LogP contribution in [0.2, 0.25) is 0 Å². The summed E-state index contributed by atoms with van der Waals surface area (Å²) in [6.45, 7) is 6.36. The molecular weight excluding hydrogens is 324 g/mol. The first-order chi connectivity index (χ1) is 12.8. The summed E-state index contributed by atoms with van der Waals surface area (Å²) in [6.07, 6.45) is 9.48. The van der Waals surface area contributed by atoms with Crippen LogP contribution in [0.25, 0.3) is 10.9 Å². The van der Waals surface area contributed by atoms with Crippen molar-refractivity contribution in [1.82, 2.24) is 24.4 Å². The summed E-state index contributed by atoms with van der Waals surface area (Å²) < 4.78 is 2.35. The first-order valence-corrected chi connectivity index (χ1v) is 9.57. The molecule has 0 bridgehead atoms. The maximum absolute atomic E-state index is 4.85. The Morgan fingerprint density at radius 3 is 2.81 bits per heavy atom. The van der Waals surface area contributed by atoms with Crippen molar-refractivity contribution in [1.29, 1.82) is 0 Å². The number of benzene rings is 1. The third-order valence-corrected chi connectivity index (χ3v) is 5.57. The lowest BCUT2D eigenvalue weighted by Crippen LogP contribution is -2.46. The van der Waals surface area contributed by atoms with E-state index in [-0.39, 0.29) is 0 Å². The molecule has 0 atom stereocenters. The van der Waals surface area contributed by atoms with Gasteiger partial charge in [-0.1, -0.05) is 0 Å². The fraction of sp³-hybridized carbons (Fsp3) is 0.450. The number of aromatic nitrogens is 4. The minimum atomic E-state index is 0.972. The van der Waals surface area contributed by atoms with Gasteiger partial charge in [0.05, 0.1) is 11.2 Å². The lowest BCUT2D eigenvalue weighted by atomic mass is 10.2. The van der Waals surface area contributed by atoms with Gasteiger partial charge in [-0.05, 0) is 31.0 Å². The van der Waals surface area contributed by atoms with Crippen LogP contribution in [-0.4, -0.2) is 50.6 Å². The van der Waals surface area contributed by atoms with Gasteiger partial charge < -0.3 is 9.47 Å². The third-order valence-electron chi connectivity index (χ3n) is 5.57. The molecule has 26 heavy (non-hydrogen) atoms. The number of aryl methyl sites for hydroxylation is 2. The van der Waals surface area contributed by atoms with E-state index in [2.05, 4.69) is 48.7 Å². The van der Waals surface area contributed by atoms with Gasteiger partial charge >= 0.3 is 0 Å². The number of anilines is 1. The van der Waals surface area contributed by atoms with Crippen LogP contribution < -0.4 is 4.90 Å². The number of imidazole rings is 1. The lowest BCUT2D eigenvalue weighted by Gasteiger charge is -2.35. The first-order valence-electron chi connectivity index (χ1n) is 9.57. The molecule has 0 radical (unpaired) electrons. The summed E-state index contributed by atoms with van der Waals surface area (Å²) >= 11 is 0. The molecule has 0 amide bonds. The zero-order chi connectivity index (χ0) is 17.3. The zero-order valence-electron chi connectivity index (χ0n) is 15.0. The Bertz CT molecular complexity index is 886. The van der Waals surface area contributed by atoms with E-state index in [1.54, 1.807) is 6.33 Å². The number of hydrogen-bond donors (Lipinski definition) is 0. The van der Waals surface area contributed by atoms with Crippen LogP contribution in [0.15, 0.2) is 36.9 Å². The minimum absolute atomic E-state index is 0.972. The highest BCUT2D eigenvalue weighted by Gasteiger charge is 2.20. The van der Waals surface area contributed by atoms with E-state index in [0.29, 0.717) is 0 Å². The molecule has 0 N–H and O–H groups in total. The fourth-order valence-electron chi connectivity index (χ4n) is 4.11. The van der Waals surface area contributed by atoms with Crippen molar-refractivity contribution in [3.05, 3.63) is 48.4 Å². The van der Waals surface area contributed by atoms with Crippen molar-refractivity contribution in [2.45, 2.75) is 32.4 Å². The quantitative estimate of drug-likeness (QED) is 0.728. The Morgan fingerprint density at radius 1 is 1.00 bits per heavy atom. The van der Waals surface area contributed by atoms with E-state index in [1.165, 1.54) is 30.0 Å². The molecule has 0 aliphatic carbocycles. The second-order valence-corrected chi connectivity index (χ2v) is 7.33. The van der Waals surface area contributed by atoms with Crippen molar-refractivity contribution in [2.75, 3.05) is 31.1 Å². The summed E-state index contributed by atoms with van der Waals surface area (Å²) in [7, 11) is 0. The second-order valence-electron chi connectivity index (χ2n) is 7.33. The highest BCUT2D eigenvalue weighted by Crippen LogP contribution is 2.22. The van der Waals surface area contributed by atoms with Crippen molar-refractivity contribution < 1.29 is 0 Å². The highest BCUT2D eigenvalue weighted by molar-refractivity contribution is 5.81. The van der Waals surface area contributed by atoms with Gasteiger partial charge in [0, 0.05) is 69.2 Å². The summed E-state index contributed by atoms with van der Waals surface area (Å²) in [5.74, 6) is 1.28. The molecule has 3 aromatic rings. The van der Waals surface area contributed by atoms with Crippen LogP contribution in [0.1, 0.15) is 24.4 Å². The van der Waals surface area contributed by atoms with E-state index in [1.807, 2.05) is 6.20 Å². The van der Waals surface area contributed by atoms with Crippen LogP contribution in [0.4, 0.5) is 5.69 Å². The molecule has 134 valence electrons. The SMILES string of the molecule is c1ncc2cc(N3CCN(Cc4cn5c(n4)CCCC5)CC3)ccc2n1. The summed E-state index contributed by atoms with van der Waals surface area (Å²) in [5.41, 5.74) is 3.51. The molecule has 0 saturated carbocycles. The molecule has 0 spiro atoms. The molecule has 1 saturated heterocycles. The van der Waals surface area contributed by atoms with Crippen LogP contribution >= 0.6 is 0 Å². The second kappa shape index (κ2) is 6.68. The molecule has 1 aromatic carbocycles. The molecule has 2 aliphatic rings. The zero-order valence-corrected chi connectivity index (χ0v) is 15.0. The molecular formula is C20H24N6. The van der Waals surface area contributed by atoms with Crippen LogP contribution in [0, 0.1) is 0 Å². The Kier molecular flexibility index (Phi) is 4.05. The highest BCUT2D eigenvalue weighted by atomic mass is 15.3. The first kappa shape index (κ1) is 15.8. The van der Waals surface area contributed by atoms with Gasteiger partial charge in [0.25, 0.3) is 0 Å². The average molecular weight is 348 g/mol. The van der Waals surface area contributed by atoms with Crippen molar-refractivity contribution in [3.63, 3.8) is 0 Å². The Hall–Kier alpha value is -2.47. The van der Waals surface area contributed by atoms with Gasteiger partial charge in [-0.15, -0.1) is 0 Å². The van der Waals surface area contributed by atoms with E-state index >= 15 is 0 Å². The van der Waals surface area contributed by atoms with Gasteiger partial charge in [-0.2, -0.15) is 0 Å². The predicted molar refractivity (Wildman–Crippen MR) is 102 cm³/mol. The van der Waals surface area contributed by atoms with E-state index in [9.17, 15) is 0 Å². The standard InChI is InChI=1S/C20H24N6/c1-2-6-26-14-17(23-20(26)3-1)13-24-7-9-25(10-8-24)18-4-5-19-16(11-18)12-21-15-22-19/h4-5,11-12,14-15H,1-3,6-10,13H2. The fourth-order valence-corrected chi connectivity index (χ4v) is 4.11. The topological polar surface area (TPSA) is 50.1 Å². The van der Waals surface area contributed by atoms with Gasteiger partial charge in [-0.25, -0.2) is 15.0 Å². The Labute approximate surface area is 153 Å². The molecule has 6 nitrogen and oxygen atoms in total. The van der Waals surface area contributed by atoms with Gasteiger partial charge in [0.1, 0.15) is 12.2 Å². The summed E-state index contributed by atoms with van der Waals surface area (Å²) in [4.78, 5) is 18.3. The number of piperazine rings is 1. The normalized spacial score (nSPS) is 18.2. The van der Waals surface area contributed by atoms with Crippen LogP contribution in [0.3, 0.4) is 0 Å². The third kappa shape index (κ3) is 3.05. The maximum atomic E-state index is 4.85. The Morgan fingerprint density at radius 2 is 1.92 bits per heavy atom. The summed E-state index contributed by atoms with van der Waals surface area (Å²) in [5, 5.41) is 1.11. The number of nitrogens with zero attached hydrogens (tertiary/aromatic N) is 6.